The molecule has 35 heavy (non-hydrogen) atoms. The van der Waals surface area contributed by atoms with Crippen LogP contribution in [-0.4, -0.2) is 67.0 Å². The van der Waals surface area contributed by atoms with Crippen molar-refractivity contribution < 1.29 is 24.2 Å². The molecule has 0 radical (unpaired) electrons. The van der Waals surface area contributed by atoms with Crippen molar-refractivity contribution >= 4 is 17.4 Å². The quantitative estimate of drug-likeness (QED) is 0.224. The molecule has 1 heterocycles. The first-order valence-electron chi connectivity index (χ1n) is 11.8. The van der Waals surface area contributed by atoms with E-state index >= 15 is 0 Å². The Hall–Kier alpha value is -3.58. The number of Topliss-reactive ketones (excluding diaryl/α,β-unsaturated/α-hetero) is 1. The lowest BCUT2D eigenvalue weighted by Gasteiger charge is -2.26. The van der Waals surface area contributed by atoms with Crippen LogP contribution in [0.25, 0.3) is 5.76 Å². The molecule has 1 atom stereocenters. The summed E-state index contributed by atoms with van der Waals surface area (Å²) in [7, 11) is 3.92. The predicted molar refractivity (Wildman–Crippen MR) is 137 cm³/mol. The number of ether oxygens (including phenoxy) is 2. The Morgan fingerprint density at radius 2 is 1.83 bits per heavy atom. The first-order chi connectivity index (χ1) is 16.8. The second kappa shape index (κ2) is 11.7. The van der Waals surface area contributed by atoms with Crippen LogP contribution in [0.2, 0.25) is 0 Å². The van der Waals surface area contributed by atoms with E-state index in [1.165, 1.54) is 0 Å². The van der Waals surface area contributed by atoms with Crippen molar-refractivity contribution in [3.8, 4) is 11.5 Å². The molecule has 2 aromatic rings. The molecule has 1 saturated heterocycles. The smallest absolute Gasteiger partial charge is 0.295 e. The summed E-state index contributed by atoms with van der Waals surface area (Å²) in [5.41, 5.74) is 2.25. The SMILES string of the molecule is C=CCOc1ccc([C@H]2C(=C(O)c3ccc(C)cc3)C(=O)C(=O)N2CCCN(C)C)cc1OCC. The van der Waals surface area contributed by atoms with Crippen LogP contribution in [0.1, 0.15) is 36.1 Å². The fourth-order valence-electron chi connectivity index (χ4n) is 4.11. The maximum Gasteiger partial charge on any atom is 0.295 e. The summed E-state index contributed by atoms with van der Waals surface area (Å²) < 4.78 is 11.5. The molecular weight excluding hydrogens is 444 g/mol. The number of hydrogen-bond acceptors (Lipinski definition) is 6. The summed E-state index contributed by atoms with van der Waals surface area (Å²) in [6.45, 7) is 9.35. The van der Waals surface area contributed by atoms with Crippen LogP contribution in [0.3, 0.4) is 0 Å². The predicted octanol–water partition coefficient (Wildman–Crippen LogP) is 4.33. The third-order valence-corrected chi connectivity index (χ3v) is 5.81. The summed E-state index contributed by atoms with van der Waals surface area (Å²) in [6.07, 6.45) is 2.32. The number of rotatable bonds is 11. The number of aryl methyl sites for hydroxylation is 1. The van der Waals surface area contributed by atoms with Gasteiger partial charge in [-0.2, -0.15) is 0 Å². The van der Waals surface area contributed by atoms with Crippen LogP contribution in [-0.2, 0) is 9.59 Å². The number of ketones is 1. The minimum atomic E-state index is -0.744. The van der Waals surface area contributed by atoms with Gasteiger partial charge in [-0.05, 0) is 58.6 Å². The highest BCUT2D eigenvalue weighted by Gasteiger charge is 2.46. The van der Waals surface area contributed by atoms with Gasteiger partial charge in [-0.25, -0.2) is 0 Å². The largest absolute Gasteiger partial charge is 0.507 e. The first kappa shape index (κ1) is 26.0. The normalized spacial score (nSPS) is 17.2. The van der Waals surface area contributed by atoms with Gasteiger partial charge in [0.05, 0.1) is 18.2 Å². The number of hydrogen-bond donors (Lipinski definition) is 1. The minimum Gasteiger partial charge on any atom is -0.507 e. The van der Waals surface area contributed by atoms with E-state index in [0.29, 0.717) is 48.8 Å². The second-order valence-electron chi connectivity index (χ2n) is 8.75. The van der Waals surface area contributed by atoms with Gasteiger partial charge < -0.3 is 24.4 Å². The Morgan fingerprint density at radius 1 is 1.11 bits per heavy atom. The lowest BCUT2D eigenvalue weighted by Crippen LogP contribution is -2.32. The first-order valence-corrected chi connectivity index (χ1v) is 11.8. The molecular formula is C28H34N2O5. The molecule has 7 nitrogen and oxygen atoms in total. The Bertz CT molecular complexity index is 1100. The zero-order valence-corrected chi connectivity index (χ0v) is 20.9. The van der Waals surface area contributed by atoms with Crippen molar-refractivity contribution in [2.24, 2.45) is 0 Å². The molecule has 1 aliphatic rings. The van der Waals surface area contributed by atoms with E-state index < -0.39 is 17.7 Å². The van der Waals surface area contributed by atoms with Gasteiger partial charge in [0.25, 0.3) is 11.7 Å². The molecule has 186 valence electrons. The van der Waals surface area contributed by atoms with Gasteiger partial charge in [-0.1, -0.05) is 48.6 Å². The molecule has 0 saturated carbocycles. The van der Waals surface area contributed by atoms with Gasteiger partial charge in [-0.15, -0.1) is 0 Å². The Morgan fingerprint density at radius 3 is 2.46 bits per heavy atom. The van der Waals surface area contributed by atoms with Crippen LogP contribution >= 0.6 is 0 Å². The van der Waals surface area contributed by atoms with E-state index in [4.69, 9.17) is 9.47 Å². The lowest BCUT2D eigenvalue weighted by atomic mass is 9.94. The number of benzene rings is 2. The highest BCUT2D eigenvalue weighted by Crippen LogP contribution is 2.42. The van der Waals surface area contributed by atoms with Crippen molar-refractivity contribution in [3.05, 3.63) is 77.4 Å². The van der Waals surface area contributed by atoms with Crippen molar-refractivity contribution in [2.45, 2.75) is 26.3 Å². The topological polar surface area (TPSA) is 79.3 Å². The van der Waals surface area contributed by atoms with E-state index in [0.717, 1.165) is 12.1 Å². The molecule has 0 unspecified atom stereocenters. The standard InChI is InChI=1S/C28H34N2O5/c1-6-17-35-22-14-13-21(18-23(22)34-7-2)25-24(26(31)20-11-9-19(3)10-12-20)27(32)28(33)30(25)16-8-15-29(4)5/h6,9-14,18,25,31H,1,7-8,15-17H2,2-5H3/t25-/m0/s1. The van der Waals surface area contributed by atoms with Crippen LogP contribution < -0.4 is 9.47 Å². The summed E-state index contributed by atoms with van der Waals surface area (Å²) in [5, 5.41) is 11.2. The Kier molecular flexibility index (Phi) is 8.71. The van der Waals surface area contributed by atoms with E-state index in [9.17, 15) is 14.7 Å². The summed E-state index contributed by atoms with van der Waals surface area (Å²) in [4.78, 5) is 29.9. The maximum atomic E-state index is 13.2. The summed E-state index contributed by atoms with van der Waals surface area (Å²) >= 11 is 0. The molecule has 1 fully saturated rings. The van der Waals surface area contributed by atoms with E-state index in [1.54, 1.807) is 41.3 Å². The third kappa shape index (κ3) is 5.92. The number of likely N-dealkylation sites (tertiary alicyclic amines) is 1. The second-order valence-corrected chi connectivity index (χ2v) is 8.75. The fourth-order valence-corrected chi connectivity index (χ4v) is 4.11. The van der Waals surface area contributed by atoms with Gasteiger partial charge in [0, 0.05) is 12.1 Å². The molecule has 3 rings (SSSR count). The number of amides is 1. The van der Waals surface area contributed by atoms with Crippen LogP contribution in [0.4, 0.5) is 0 Å². The van der Waals surface area contributed by atoms with Gasteiger partial charge >= 0.3 is 0 Å². The average molecular weight is 479 g/mol. The van der Waals surface area contributed by atoms with Crippen LogP contribution in [0.5, 0.6) is 11.5 Å². The van der Waals surface area contributed by atoms with Gasteiger partial charge in [0.1, 0.15) is 12.4 Å². The van der Waals surface area contributed by atoms with Crippen molar-refractivity contribution in [1.82, 2.24) is 9.80 Å². The van der Waals surface area contributed by atoms with Crippen molar-refractivity contribution in [2.75, 3.05) is 40.4 Å². The molecule has 0 bridgehead atoms. The third-order valence-electron chi connectivity index (χ3n) is 5.81. The van der Waals surface area contributed by atoms with E-state index in [1.807, 2.05) is 45.0 Å². The highest BCUT2D eigenvalue weighted by atomic mass is 16.5. The molecule has 0 aliphatic carbocycles. The summed E-state index contributed by atoms with van der Waals surface area (Å²) in [5.74, 6) is -0.455. The molecule has 0 aromatic heterocycles. The molecule has 0 spiro atoms. The minimum absolute atomic E-state index is 0.0749. The maximum absolute atomic E-state index is 13.2. The number of carbonyl (C=O) groups is 2. The summed E-state index contributed by atoms with van der Waals surface area (Å²) in [6, 6.07) is 11.8. The Balaban J connectivity index is 2.12. The van der Waals surface area contributed by atoms with Crippen LogP contribution in [0, 0.1) is 6.92 Å². The monoisotopic (exact) mass is 478 g/mol. The molecule has 2 aromatic carbocycles. The van der Waals surface area contributed by atoms with Crippen LogP contribution in [0.15, 0.2) is 60.7 Å². The van der Waals surface area contributed by atoms with Crippen molar-refractivity contribution in [3.63, 3.8) is 0 Å². The molecule has 1 amide bonds. The Labute approximate surface area is 207 Å². The van der Waals surface area contributed by atoms with E-state index in [2.05, 4.69) is 6.58 Å². The molecule has 7 heteroatoms. The van der Waals surface area contributed by atoms with Crippen molar-refractivity contribution in [1.29, 1.82) is 0 Å². The zero-order chi connectivity index (χ0) is 25.5. The van der Waals surface area contributed by atoms with Gasteiger partial charge in [0.2, 0.25) is 0 Å². The molecule has 1 N–H and O–H groups in total. The number of aliphatic hydroxyl groups excluding tert-OH is 1. The average Bonchev–Trinajstić information content (AvgIpc) is 3.08. The van der Waals surface area contributed by atoms with Gasteiger partial charge in [-0.3, -0.25) is 9.59 Å². The number of aliphatic hydroxyl groups is 1. The van der Waals surface area contributed by atoms with Gasteiger partial charge in [0.15, 0.2) is 11.5 Å². The number of nitrogens with zero attached hydrogens (tertiary/aromatic N) is 2. The fraction of sp³-hybridized carbons (Fsp3) is 0.357. The molecule has 1 aliphatic heterocycles. The zero-order valence-electron chi connectivity index (χ0n) is 20.9. The number of carbonyl (C=O) groups excluding carboxylic acids is 2. The van der Waals surface area contributed by atoms with E-state index in [-0.39, 0.29) is 11.3 Å². The lowest BCUT2D eigenvalue weighted by molar-refractivity contribution is -0.139. The highest BCUT2D eigenvalue weighted by molar-refractivity contribution is 6.46.